The zero-order chi connectivity index (χ0) is 20.3. The predicted octanol–water partition coefficient (Wildman–Crippen LogP) is 4.63. The minimum absolute atomic E-state index is 0.00585. The number of sulfonamides is 1. The van der Waals surface area contributed by atoms with Crippen molar-refractivity contribution in [1.29, 1.82) is 0 Å². The first kappa shape index (κ1) is 20.6. The second-order valence-corrected chi connectivity index (χ2v) is 9.36. The van der Waals surface area contributed by atoms with Gasteiger partial charge in [0.05, 0.1) is 21.5 Å². The number of halogens is 2. The lowest BCUT2D eigenvalue weighted by atomic mass is 10.0. The third-order valence-corrected chi connectivity index (χ3v) is 6.05. The van der Waals surface area contributed by atoms with Gasteiger partial charge in [0.15, 0.2) is 0 Å². The van der Waals surface area contributed by atoms with Crippen LogP contribution in [0.25, 0.3) is 0 Å². The summed E-state index contributed by atoms with van der Waals surface area (Å²) >= 11 is 11.9. The smallest absolute Gasteiger partial charge is 0.246 e. The fourth-order valence-corrected chi connectivity index (χ4v) is 3.96. The van der Waals surface area contributed by atoms with Crippen LogP contribution in [-0.4, -0.2) is 23.2 Å². The number of anilines is 1. The van der Waals surface area contributed by atoms with Crippen LogP contribution in [0.2, 0.25) is 10.0 Å². The molecule has 148 valence electrons. The van der Waals surface area contributed by atoms with E-state index in [0.29, 0.717) is 22.5 Å². The van der Waals surface area contributed by atoms with Crippen LogP contribution in [-0.2, 0) is 23.0 Å². The molecule has 28 heavy (non-hydrogen) atoms. The van der Waals surface area contributed by atoms with E-state index < -0.39 is 10.0 Å². The lowest BCUT2D eigenvalue weighted by Crippen LogP contribution is -2.14. The van der Waals surface area contributed by atoms with Gasteiger partial charge in [-0.1, -0.05) is 55.2 Å². The maximum Gasteiger partial charge on any atom is 0.264 e. The van der Waals surface area contributed by atoms with Gasteiger partial charge in [-0.3, -0.25) is 0 Å². The van der Waals surface area contributed by atoms with E-state index >= 15 is 0 Å². The molecule has 0 aliphatic rings. The Bertz CT molecular complexity index is 1060. The first-order chi connectivity index (χ1) is 13.2. The molecular weight excluding hydrogens is 419 g/mol. The van der Waals surface area contributed by atoms with Crippen molar-refractivity contribution in [2.24, 2.45) is 5.92 Å². The Kier molecular flexibility index (Phi) is 6.27. The number of nitrogens with zero attached hydrogens (tertiary/aromatic N) is 3. The topological polar surface area (TPSA) is 76.9 Å². The average Bonchev–Trinajstić information content (AvgIpc) is 3.04. The second kappa shape index (κ2) is 8.51. The molecule has 0 atom stereocenters. The Balaban J connectivity index is 1.70. The largest absolute Gasteiger partial charge is 0.264 e. The molecule has 3 aromatic rings. The summed E-state index contributed by atoms with van der Waals surface area (Å²) in [4.78, 5) is 4.19. The average molecular weight is 439 g/mol. The molecule has 0 saturated carbocycles. The van der Waals surface area contributed by atoms with Crippen LogP contribution in [0.15, 0.2) is 53.7 Å². The van der Waals surface area contributed by atoms with E-state index in [1.807, 2.05) is 18.2 Å². The first-order valence-electron chi connectivity index (χ1n) is 8.68. The van der Waals surface area contributed by atoms with Crippen molar-refractivity contribution >= 4 is 39.2 Å². The van der Waals surface area contributed by atoms with E-state index in [4.69, 9.17) is 23.2 Å². The number of hydrogen-bond acceptors (Lipinski definition) is 4. The van der Waals surface area contributed by atoms with Crippen LogP contribution in [0.1, 0.15) is 25.0 Å². The molecule has 0 saturated heterocycles. The highest BCUT2D eigenvalue weighted by atomic mass is 35.5. The molecule has 3 rings (SSSR count). The standard InChI is InChI=1S/C19H20Cl2N4O2S/c1-13(2)9-14-3-6-16(7-4-14)28(26,27)24-19-22-12-25(23-19)11-15-5-8-17(20)18(21)10-15/h3-8,10,12-13H,9,11H2,1-2H3,(H,23,24). The molecule has 0 aliphatic heterocycles. The van der Waals surface area contributed by atoms with E-state index in [9.17, 15) is 8.42 Å². The van der Waals surface area contributed by atoms with Crippen LogP contribution in [0.5, 0.6) is 0 Å². The van der Waals surface area contributed by atoms with Crippen LogP contribution < -0.4 is 4.72 Å². The lowest BCUT2D eigenvalue weighted by molar-refractivity contribution is 0.600. The van der Waals surface area contributed by atoms with E-state index in [1.165, 1.54) is 11.0 Å². The van der Waals surface area contributed by atoms with E-state index in [-0.39, 0.29) is 10.8 Å². The lowest BCUT2D eigenvalue weighted by Gasteiger charge is -2.08. The molecule has 0 spiro atoms. The monoisotopic (exact) mass is 438 g/mol. The third-order valence-electron chi connectivity index (χ3n) is 3.97. The second-order valence-electron chi connectivity index (χ2n) is 6.86. The molecule has 1 heterocycles. The van der Waals surface area contributed by atoms with Gasteiger partial charge in [0, 0.05) is 0 Å². The number of benzene rings is 2. The molecule has 9 heteroatoms. The molecule has 0 amide bonds. The molecule has 0 fully saturated rings. The van der Waals surface area contributed by atoms with Crippen LogP contribution in [0.4, 0.5) is 5.95 Å². The molecule has 0 bridgehead atoms. The molecule has 6 nitrogen and oxygen atoms in total. The van der Waals surface area contributed by atoms with Gasteiger partial charge in [-0.05, 0) is 47.7 Å². The number of aromatic nitrogens is 3. The fraction of sp³-hybridized carbons (Fsp3) is 0.263. The Labute approximate surface area is 174 Å². The summed E-state index contributed by atoms with van der Waals surface area (Å²) in [5, 5.41) is 5.08. The minimum atomic E-state index is -3.76. The van der Waals surface area contributed by atoms with Gasteiger partial charge < -0.3 is 0 Å². The maximum atomic E-state index is 12.6. The van der Waals surface area contributed by atoms with Gasteiger partial charge in [0.1, 0.15) is 6.33 Å². The van der Waals surface area contributed by atoms with Gasteiger partial charge >= 0.3 is 0 Å². The van der Waals surface area contributed by atoms with E-state index in [1.54, 1.807) is 24.3 Å². The van der Waals surface area contributed by atoms with Gasteiger partial charge in [-0.2, -0.15) is 4.98 Å². The van der Waals surface area contributed by atoms with Crippen molar-refractivity contribution in [1.82, 2.24) is 14.8 Å². The number of nitrogens with one attached hydrogen (secondary N) is 1. The minimum Gasteiger partial charge on any atom is -0.246 e. The third kappa shape index (κ3) is 5.25. The highest BCUT2D eigenvalue weighted by molar-refractivity contribution is 7.92. The summed E-state index contributed by atoms with van der Waals surface area (Å²) in [5.74, 6) is 0.510. The summed E-state index contributed by atoms with van der Waals surface area (Å²) in [6.07, 6.45) is 2.35. The molecule has 0 unspecified atom stereocenters. The van der Waals surface area contributed by atoms with Gasteiger partial charge in [0.2, 0.25) is 0 Å². The van der Waals surface area contributed by atoms with Crippen molar-refractivity contribution in [3.8, 4) is 0 Å². The highest BCUT2D eigenvalue weighted by Gasteiger charge is 2.16. The number of rotatable bonds is 7. The Morgan fingerprint density at radius 1 is 1.04 bits per heavy atom. The Morgan fingerprint density at radius 2 is 1.71 bits per heavy atom. The Morgan fingerprint density at radius 3 is 2.36 bits per heavy atom. The van der Waals surface area contributed by atoms with Gasteiger partial charge in [-0.25, -0.2) is 17.8 Å². The molecular formula is C19H20Cl2N4O2S. The maximum absolute atomic E-state index is 12.6. The zero-order valence-corrected chi connectivity index (χ0v) is 17.8. The summed E-state index contributed by atoms with van der Waals surface area (Å²) in [6.45, 7) is 4.62. The van der Waals surface area contributed by atoms with Crippen LogP contribution >= 0.6 is 23.2 Å². The van der Waals surface area contributed by atoms with E-state index in [2.05, 4.69) is 28.7 Å². The van der Waals surface area contributed by atoms with E-state index in [0.717, 1.165) is 17.5 Å². The van der Waals surface area contributed by atoms with Crippen molar-refractivity contribution in [3.05, 3.63) is 70.0 Å². The summed E-state index contributed by atoms with van der Waals surface area (Å²) in [6, 6.07) is 12.1. The molecule has 0 radical (unpaired) electrons. The fourth-order valence-electron chi connectivity index (χ4n) is 2.70. The van der Waals surface area contributed by atoms with Crippen molar-refractivity contribution in [2.45, 2.75) is 31.7 Å². The quantitative estimate of drug-likeness (QED) is 0.582. The van der Waals surface area contributed by atoms with Crippen LogP contribution in [0, 0.1) is 5.92 Å². The predicted molar refractivity (Wildman–Crippen MR) is 111 cm³/mol. The van der Waals surface area contributed by atoms with Crippen molar-refractivity contribution in [3.63, 3.8) is 0 Å². The molecule has 1 aromatic heterocycles. The molecule has 2 aromatic carbocycles. The summed E-state index contributed by atoms with van der Waals surface area (Å²) in [7, 11) is -3.76. The SMILES string of the molecule is CC(C)Cc1ccc(S(=O)(=O)Nc2ncn(Cc3ccc(Cl)c(Cl)c3)n2)cc1. The normalized spacial score (nSPS) is 11.8. The summed E-state index contributed by atoms with van der Waals surface area (Å²) in [5.41, 5.74) is 1.97. The Hall–Kier alpha value is -2.09. The molecule has 1 N–H and O–H groups in total. The van der Waals surface area contributed by atoms with Gasteiger partial charge in [-0.15, -0.1) is 5.10 Å². The van der Waals surface area contributed by atoms with Crippen LogP contribution in [0.3, 0.4) is 0 Å². The van der Waals surface area contributed by atoms with Gasteiger partial charge in [0.25, 0.3) is 16.0 Å². The first-order valence-corrected chi connectivity index (χ1v) is 10.9. The molecule has 0 aliphatic carbocycles. The number of hydrogen-bond donors (Lipinski definition) is 1. The van der Waals surface area contributed by atoms with Crippen molar-refractivity contribution in [2.75, 3.05) is 4.72 Å². The van der Waals surface area contributed by atoms with Crippen molar-refractivity contribution < 1.29 is 8.42 Å². The highest BCUT2D eigenvalue weighted by Crippen LogP contribution is 2.23. The zero-order valence-electron chi connectivity index (χ0n) is 15.4. The summed E-state index contributed by atoms with van der Waals surface area (Å²) < 4.78 is 29.0.